The van der Waals surface area contributed by atoms with Gasteiger partial charge < -0.3 is 14.7 Å². The summed E-state index contributed by atoms with van der Waals surface area (Å²) in [5.74, 6) is -0.600. The number of para-hydroxylation sites is 2. The second-order valence-electron chi connectivity index (χ2n) is 7.96. The highest BCUT2D eigenvalue weighted by Crippen LogP contribution is 2.32. The summed E-state index contributed by atoms with van der Waals surface area (Å²) in [5, 5.41) is 12.9. The molecule has 1 aliphatic rings. The third-order valence-electron chi connectivity index (χ3n) is 5.64. The third-order valence-corrected chi connectivity index (χ3v) is 6.17. The number of ether oxygens (including phenoxy) is 1. The van der Waals surface area contributed by atoms with Crippen LogP contribution in [0.4, 0.5) is 5.69 Å². The summed E-state index contributed by atoms with van der Waals surface area (Å²) < 4.78 is 6.89. The Bertz CT molecular complexity index is 1100. The van der Waals surface area contributed by atoms with E-state index < -0.39 is 18.1 Å². The van der Waals surface area contributed by atoms with Gasteiger partial charge in [0.15, 0.2) is 0 Å². The summed E-state index contributed by atoms with van der Waals surface area (Å²) >= 11 is 3.44. The van der Waals surface area contributed by atoms with Crippen LogP contribution in [0.15, 0.2) is 83.3 Å². The first-order chi connectivity index (χ1) is 16.0. The van der Waals surface area contributed by atoms with Gasteiger partial charge in [-0.05, 0) is 48.2 Å². The van der Waals surface area contributed by atoms with Crippen molar-refractivity contribution >= 4 is 33.5 Å². The second-order valence-corrected chi connectivity index (χ2v) is 8.88. The summed E-state index contributed by atoms with van der Waals surface area (Å²) in [6.45, 7) is 0.411. The van der Waals surface area contributed by atoms with E-state index in [0.717, 1.165) is 15.6 Å². The fourth-order valence-corrected chi connectivity index (χ4v) is 4.15. The largest absolute Gasteiger partial charge is 0.489 e. The molecule has 1 heterocycles. The Labute approximate surface area is 201 Å². The molecular weight excluding hydrogens is 484 g/mol. The molecule has 170 valence electrons. The molecule has 0 fully saturated rings. The smallest absolute Gasteiger partial charge is 0.320 e. The Morgan fingerprint density at radius 1 is 1.03 bits per heavy atom. The van der Waals surface area contributed by atoms with E-state index in [2.05, 4.69) is 21.2 Å². The predicted molar refractivity (Wildman–Crippen MR) is 130 cm³/mol. The number of aliphatic carboxylic acids is 1. The zero-order chi connectivity index (χ0) is 23.2. The van der Waals surface area contributed by atoms with E-state index in [9.17, 15) is 14.7 Å². The Kier molecular flexibility index (Phi) is 7.42. The predicted octanol–water partition coefficient (Wildman–Crippen LogP) is 4.42. The van der Waals surface area contributed by atoms with Crippen LogP contribution in [-0.2, 0) is 22.6 Å². The number of carbonyl (C=O) groups is 2. The molecule has 0 aliphatic carbocycles. The molecule has 0 saturated carbocycles. The lowest BCUT2D eigenvalue weighted by molar-refractivity contribution is -0.140. The van der Waals surface area contributed by atoms with E-state index in [0.29, 0.717) is 30.8 Å². The number of carboxylic acid groups (broad SMARTS) is 1. The van der Waals surface area contributed by atoms with Crippen LogP contribution in [0, 0.1) is 0 Å². The molecule has 1 unspecified atom stereocenters. The lowest BCUT2D eigenvalue weighted by atomic mass is 10.0. The van der Waals surface area contributed by atoms with Crippen LogP contribution in [0.1, 0.15) is 17.5 Å². The van der Waals surface area contributed by atoms with Crippen molar-refractivity contribution in [2.24, 2.45) is 0 Å². The maximum Gasteiger partial charge on any atom is 0.320 e. The number of aryl methyl sites for hydroxylation is 1. The number of hydrogen-bond donors (Lipinski definition) is 2. The number of carbonyl (C=O) groups excluding carboxylic acids is 1. The van der Waals surface area contributed by atoms with Crippen molar-refractivity contribution in [1.29, 1.82) is 0 Å². The number of hydrogen-bond acceptors (Lipinski definition) is 4. The van der Waals surface area contributed by atoms with Crippen molar-refractivity contribution in [2.75, 3.05) is 11.5 Å². The topological polar surface area (TPSA) is 78.9 Å². The van der Waals surface area contributed by atoms with Crippen molar-refractivity contribution in [1.82, 2.24) is 5.32 Å². The minimum Gasteiger partial charge on any atom is -0.489 e. The van der Waals surface area contributed by atoms with Gasteiger partial charge in [-0.2, -0.15) is 0 Å². The average molecular weight is 509 g/mol. The first-order valence-electron chi connectivity index (χ1n) is 10.8. The van der Waals surface area contributed by atoms with Crippen LogP contribution in [0.2, 0.25) is 0 Å². The number of amides is 1. The number of carboxylic acids is 1. The van der Waals surface area contributed by atoms with Gasteiger partial charge >= 0.3 is 5.97 Å². The second kappa shape index (κ2) is 10.6. The average Bonchev–Trinajstić information content (AvgIpc) is 2.95. The highest BCUT2D eigenvalue weighted by atomic mass is 79.9. The van der Waals surface area contributed by atoms with Crippen LogP contribution in [0.25, 0.3) is 0 Å². The number of anilines is 1. The Balaban J connectivity index is 1.54. The molecule has 6 nitrogen and oxygen atoms in total. The summed E-state index contributed by atoms with van der Waals surface area (Å²) in [6, 6.07) is 23.2. The maximum absolute atomic E-state index is 13.6. The number of fused-ring (bicyclic) bond motifs is 1. The van der Waals surface area contributed by atoms with Crippen LogP contribution in [0.3, 0.4) is 0 Å². The first kappa shape index (κ1) is 23.0. The van der Waals surface area contributed by atoms with Gasteiger partial charge in [-0.1, -0.05) is 70.5 Å². The SMILES string of the molecule is O=C(O)[C@H](CCc1ccccc1)NC1COc2ccccc2N(Cc2ccc(Br)cc2)C1=O. The van der Waals surface area contributed by atoms with E-state index in [1.54, 1.807) is 4.90 Å². The van der Waals surface area contributed by atoms with Crippen molar-refractivity contribution < 1.29 is 19.4 Å². The molecule has 0 radical (unpaired) electrons. The quantitative estimate of drug-likeness (QED) is 0.470. The molecule has 0 saturated heterocycles. The van der Waals surface area contributed by atoms with Gasteiger partial charge in [0.25, 0.3) is 0 Å². The molecule has 2 atom stereocenters. The maximum atomic E-state index is 13.6. The summed E-state index contributed by atoms with van der Waals surface area (Å²) in [6.07, 6.45) is 0.957. The van der Waals surface area contributed by atoms with Gasteiger partial charge in [0.2, 0.25) is 5.91 Å². The molecule has 2 N–H and O–H groups in total. The molecule has 3 aromatic rings. The lowest BCUT2D eigenvalue weighted by Crippen LogP contribution is -2.53. The zero-order valence-corrected chi connectivity index (χ0v) is 19.6. The summed E-state index contributed by atoms with van der Waals surface area (Å²) in [4.78, 5) is 27.2. The van der Waals surface area contributed by atoms with Crippen molar-refractivity contribution in [3.8, 4) is 5.75 Å². The molecule has 3 aromatic carbocycles. The van der Waals surface area contributed by atoms with Gasteiger partial charge in [0.1, 0.15) is 24.4 Å². The minimum absolute atomic E-state index is 0.0573. The Morgan fingerprint density at radius 2 is 1.73 bits per heavy atom. The van der Waals surface area contributed by atoms with E-state index in [4.69, 9.17) is 4.74 Å². The van der Waals surface area contributed by atoms with Crippen LogP contribution in [-0.4, -0.2) is 35.7 Å². The molecule has 1 aliphatic heterocycles. The van der Waals surface area contributed by atoms with E-state index in [-0.39, 0.29) is 12.5 Å². The van der Waals surface area contributed by atoms with E-state index in [1.807, 2.05) is 78.9 Å². The van der Waals surface area contributed by atoms with Crippen molar-refractivity contribution in [3.05, 3.63) is 94.5 Å². The fraction of sp³-hybridized carbons (Fsp3) is 0.231. The molecular formula is C26H25BrN2O4. The van der Waals surface area contributed by atoms with Crippen LogP contribution >= 0.6 is 15.9 Å². The fourth-order valence-electron chi connectivity index (χ4n) is 3.88. The molecule has 0 bridgehead atoms. The molecule has 0 spiro atoms. The molecule has 4 rings (SSSR count). The lowest BCUT2D eigenvalue weighted by Gasteiger charge is -2.26. The van der Waals surface area contributed by atoms with E-state index in [1.165, 1.54) is 0 Å². The Hall–Kier alpha value is -3.16. The summed E-state index contributed by atoms with van der Waals surface area (Å²) in [7, 11) is 0. The van der Waals surface area contributed by atoms with Crippen molar-refractivity contribution in [3.63, 3.8) is 0 Å². The summed E-state index contributed by atoms with van der Waals surface area (Å²) in [5.41, 5.74) is 2.69. The van der Waals surface area contributed by atoms with E-state index >= 15 is 0 Å². The standard InChI is InChI=1S/C26H25BrN2O4/c27-20-13-10-19(11-14-20)16-29-23-8-4-5-9-24(23)33-17-22(25(29)30)28-21(26(31)32)15-12-18-6-2-1-3-7-18/h1-11,13-14,21-22,28H,12,15-17H2,(H,31,32)/t21-,22?/m0/s1. The van der Waals surface area contributed by atoms with Gasteiger partial charge in [-0.25, -0.2) is 0 Å². The van der Waals surface area contributed by atoms with Gasteiger partial charge in [0, 0.05) is 4.47 Å². The van der Waals surface area contributed by atoms with Gasteiger partial charge in [-0.15, -0.1) is 0 Å². The number of halogens is 1. The van der Waals surface area contributed by atoms with Crippen LogP contribution in [0.5, 0.6) is 5.75 Å². The third kappa shape index (κ3) is 5.80. The monoisotopic (exact) mass is 508 g/mol. The normalized spacial score (nSPS) is 16.5. The molecule has 0 aromatic heterocycles. The molecule has 1 amide bonds. The highest BCUT2D eigenvalue weighted by molar-refractivity contribution is 9.10. The number of rotatable bonds is 8. The Morgan fingerprint density at radius 3 is 2.45 bits per heavy atom. The first-order valence-corrected chi connectivity index (χ1v) is 11.6. The van der Waals surface area contributed by atoms with Gasteiger partial charge in [0.05, 0.1) is 12.2 Å². The van der Waals surface area contributed by atoms with Gasteiger partial charge in [-0.3, -0.25) is 14.9 Å². The minimum atomic E-state index is -0.986. The molecule has 7 heteroatoms. The van der Waals surface area contributed by atoms with Crippen molar-refractivity contribution in [2.45, 2.75) is 31.5 Å². The zero-order valence-electron chi connectivity index (χ0n) is 18.0. The van der Waals surface area contributed by atoms with Crippen LogP contribution < -0.4 is 15.0 Å². The number of benzene rings is 3. The highest BCUT2D eigenvalue weighted by Gasteiger charge is 2.34. The molecule has 33 heavy (non-hydrogen) atoms. The number of nitrogens with zero attached hydrogens (tertiary/aromatic N) is 1. The number of nitrogens with one attached hydrogen (secondary N) is 1.